The standard InChI is InChI=1S/C20H19IN2O3S/c1-25-12-11-23-19(24)18(13-14-5-3-4-6-17(14)21)27-20(23)22-15-7-9-16(26-2)10-8-15/h3-10,13H,11-12H2,1-2H3/b18-13-,22-20?. The molecular weight excluding hydrogens is 475 g/mol. The van der Waals surface area contributed by atoms with Crippen molar-refractivity contribution < 1.29 is 14.3 Å². The van der Waals surface area contributed by atoms with E-state index >= 15 is 0 Å². The molecular formula is C20H19IN2O3S. The van der Waals surface area contributed by atoms with Crippen LogP contribution >= 0.6 is 34.4 Å². The Morgan fingerprint density at radius 3 is 2.56 bits per heavy atom. The van der Waals surface area contributed by atoms with Crippen LogP contribution in [-0.2, 0) is 9.53 Å². The average molecular weight is 494 g/mol. The molecule has 27 heavy (non-hydrogen) atoms. The SMILES string of the molecule is COCCN1C(=O)/C(=C/c2ccccc2I)SC1=Nc1ccc(OC)cc1. The van der Waals surface area contributed by atoms with Crippen LogP contribution in [-0.4, -0.2) is 43.3 Å². The van der Waals surface area contributed by atoms with E-state index in [0.29, 0.717) is 23.2 Å². The van der Waals surface area contributed by atoms with Crippen LogP contribution < -0.4 is 4.74 Å². The molecule has 1 aliphatic rings. The van der Waals surface area contributed by atoms with Crippen molar-refractivity contribution in [1.29, 1.82) is 0 Å². The van der Waals surface area contributed by atoms with E-state index in [4.69, 9.17) is 9.47 Å². The molecule has 1 saturated heterocycles. The van der Waals surface area contributed by atoms with Crippen LogP contribution in [0.2, 0.25) is 0 Å². The molecule has 2 aromatic carbocycles. The Balaban J connectivity index is 1.92. The Morgan fingerprint density at radius 1 is 1.15 bits per heavy atom. The molecule has 3 rings (SSSR count). The molecule has 5 nitrogen and oxygen atoms in total. The van der Waals surface area contributed by atoms with Gasteiger partial charge in [0.2, 0.25) is 0 Å². The first-order chi connectivity index (χ1) is 13.1. The van der Waals surface area contributed by atoms with Crippen molar-refractivity contribution in [3.63, 3.8) is 0 Å². The predicted octanol–water partition coefficient (Wildman–Crippen LogP) is 4.55. The number of nitrogens with zero attached hydrogens (tertiary/aromatic N) is 2. The first-order valence-corrected chi connectivity index (χ1v) is 10.2. The zero-order valence-electron chi connectivity index (χ0n) is 15.0. The van der Waals surface area contributed by atoms with Gasteiger partial charge in [-0.1, -0.05) is 18.2 Å². The second-order valence-corrected chi connectivity index (χ2v) is 7.85. The van der Waals surface area contributed by atoms with Gasteiger partial charge in [-0.15, -0.1) is 0 Å². The summed E-state index contributed by atoms with van der Waals surface area (Å²) in [4.78, 5) is 19.9. The van der Waals surface area contributed by atoms with Crippen LogP contribution in [0.1, 0.15) is 5.56 Å². The van der Waals surface area contributed by atoms with Gasteiger partial charge in [0, 0.05) is 10.7 Å². The van der Waals surface area contributed by atoms with E-state index in [1.807, 2.05) is 54.6 Å². The van der Waals surface area contributed by atoms with E-state index in [1.165, 1.54) is 11.8 Å². The second kappa shape index (κ2) is 9.38. The third kappa shape index (κ3) is 4.91. The number of ether oxygens (including phenoxy) is 2. The summed E-state index contributed by atoms with van der Waals surface area (Å²) >= 11 is 3.65. The minimum atomic E-state index is -0.0519. The van der Waals surface area contributed by atoms with E-state index in [-0.39, 0.29) is 5.91 Å². The molecule has 140 valence electrons. The van der Waals surface area contributed by atoms with E-state index in [1.54, 1.807) is 19.1 Å². The summed E-state index contributed by atoms with van der Waals surface area (Å²) in [6, 6.07) is 15.4. The third-order valence-corrected chi connectivity index (χ3v) is 5.89. The molecule has 1 amide bonds. The normalized spacial score (nSPS) is 17.1. The van der Waals surface area contributed by atoms with Gasteiger partial charge in [0.05, 0.1) is 30.9 Å². The smallest absolute Gasteiger partial charge is 0.266 e. The molecule has 1 aliphatic heterocycles. The fourth-order valence-corrected chi connectivity index (χ4v) is 4.03. The molecule has 7 heteroatoms. The van der Waals surface area contributed by atoms with E-state index in [0.717, 1.165) is 20.6 Å². The van der Waals surface area contributed by atoms with Crippen molar-refractivity contribution in [2.24, 2.45) is 4.99 Å². The van der Waals surface area contributed by atoms with Crippen molar-refractivity contribution in [3.05, 3.63) is 62.6 Å². The van der Waals surface area contributed by atoms with Crippen LogP contribution in [0.25, 0.3) is 6.08 Å². The molecule has 0 unspecified atom stereocenters. The van der Waals surface area contributed by atoms with Gasteiger partial charge in [-0.25, -0.2) is 4.99 Å². The second-order valence-electron chi connectivity index (χ2n) is 5.67. The fourth-order valence-electron chi connectivity index (χ4n) is 2.47. The fraction of sp³-hybridized carbons (Fsp3) is 0.200. The Hall–Kier alpha value is -1.84. The lowest BCUT2D eigenvalue weighted by molar-refractivity contribution is -0.122. The highest BCUT2D eigenvalue weighted by Gasteiger charge is 2.33. The molecule has 0 spiro atoms. The minimum absolute atomic E-state index is 0.0519. The number of amides is 1. The van der Waals surface area contributed by atoms with Crippen molar-refractivity contribution in [2.45, 2.75) is 0 Å². The zero-order chi connectivity index (χ0) is 19.2. The number of carbonyl (C=O) groups is 1. The van der Waals surface area contributed by atoms with Crippen LogP contribution in [0, 0.1) is 3.57 Å². The van der Waals surface area contributed by atoms with Gasteiger partial charge in [0.25, 0.3) is 5.91 Å². The summed E-state index contributed by atoms with van der Waals surface area (Å²) in [6.45, 7) is 0.907. The lowest BCUT2D eigenvalue weighted by atomic mass is 10.2. The van der Waals surface area contributed by atoms with Crippen molar-refractivity contribution >= 4 is 57.2 Å². The molecule has 1 heterocycles. The summed E-state index contributed by atoms with van der Waals surface area (Å²) in [5, 5.41) is 0.652. The first-order valence-electron chi connectivity index (χ1n) is 8.30. The maximum Gasteiger partial charge on any atom is 0.266 e. The number of benzene rings is 2. The van der Waals surface area contributed by atoms with Gasteiger partial charge in [-0.2, -0.15) is 0 Å². The number of amidine groups is 1. The first kappa shape index (κ1) is 19.9. The van der Waals surface area contributed by atoms with E-state index in [9.17, 15) is 4.79 Å². The number of hydrogen-bond acceptors (Lipinski definition) is 5. The number of thioether (sulfide) groups is 1. The van der Waals surface area contributed by atoms with Crippen LogP contribution in [0.5, 0.6) is 5.75 Å². The maximum absolute atomic E-state index is 12.9. The van der Waals surface area contributed by atoms with Gasteiger partial charge in [-0.3, -0.25) is 9.69 Å². The van der Waals surface area contributed by atoms with Gasteiger partial charge >= 0.3 is 0 Å². The summed E-state index contributed by atoms with van der Waals surface area (Å²) in [7, 11) is 3.25. The number of methoxy groups -OCH3 is 2. The highest BCUT2D eigenvalue weighted by molar-refractivity contribution is 14.1. The quantitative estimate of drug-likeness (QED) is 0.437. The number of aliphatic imine (C=N–C) groups is 1. The minimum Gasteiger partial charge on any atom is -0.497 e. The molecule has 0 aliphatic carbocycles. The summed E-state index contributed by atoms with van der Waals surface area (Å²) in [6.07, 6.45) is 1.92. The molecule has 0 atom stereocenters. The summed E-state index contributed by atoms with van der Waals surface area (Å²) < 4.78 is 11.4. The van der Waals surface area contributed by atoms with Gasteiger partial charge in [0.1, 0.15) is 5.75 Å². The zero-order valence-corrected chi connectivity index (χ0v) is 18.0. The molecule has 1 fully saturated rings. The number of rotatable bonds is 6. The highest BCUT2D eigenvalue weighted by atomic mass is 127. The van der Waals surface area contributed by atoms with Gasteiger partial charge < -0.3 is 9.47 Å². The van der Waals surface area contributed by atoms with Crippen LogP contribution in [0.15, 0.2) is 58.4 Å². The predicted molar refractivity (Wildman–Crippen MR) is 118 cm³/mol. The lowest BCUT2D eigenvalue weighted by Gasteiger charge is -2.14. The molecule has 0 aromatic heterocycles. The van der Waals surface area contributed by atoms with Crippen molar-refractivity contribution in [2.75, 3.05) is 27.4 Å². The topological polar surface area (TPSA) is 51.1 Å². The molecule has 0 N–H and O–H groups in total. The maximum atomic E-state index is 12.9. The Morgan fingerprint density at radius 2 is 1.89 bits per heavy atom. The monoisotopic (exact) mass is 494 g/mol. The largest absolute Gasteiger partial charge is 0.497 e. The molecule has 2 aromatic rings. The van der Waals surface area contributed by atoms with Gasteiger partial charge in [0.15, 0.2) is 5.17 Å². The Kier molecular flexibility index (Phi) is 6.92. The van der Waals surface area contributed by atoms with E-state index in [2.05, 4.69) is 27.6 Å². The van der Waals surface area contributed by atoms with Gasteiger partial charge in [-0.05, 0) is 76.3 Å². The number of halogens is 1. The third-order valence-electron chi connectivity index (χ3n) is 3.90. The lowest BCUT2D eigenvalue weighted by Crippen LogP contribution is -2.32. The molecule has 0 bridgehead atoms. The van der Waals surface area contributed by atoms with Crippen LogP contribution in [0.3, 0.4) is 0 Å². The number of carbonyl (C=O) groups excluding carboxylic acids is 1. The summed E-state index contributed by atoms with van der Waals surface area (Å²) in [5.74, 6) is 0.716. The Bertz CT molecular complexity index is 881. The highest BCUT2D eigenvalue weighted by Crippen LogP contribution is 2.34. The van der Waals surface area contributed by atoms with Crippen molar-refractivity contribution in [3.8, 4) is 5.75 Å². The van der Waals surface area contributed by atoms with Crippen molar-refractivity contribution in [1.82, 2.24) is 4.90 Å². The number of hydrogen-bond donors (Lipinski definition) is 0. The summed E-state index contributed by atoms with van der Waals surface area (Å²) in [5.41, 5.74) is 1.79. The molecule has 0 saturated carbocycles. The molecule has 0 radical (unpaired) electrons. The van der Waals surface area contributed by atoms with E-state index < -0.39 is 0 Å². The van der Waals surface area contributed by atoms with Crippen LogP contribution in [0.4, 0.5) is 5.69 Å². The Labute approximate surface area is 176 Å². The average Bonchev–Trinajstić information content (AvgIpc) is 2.97.